The summed E-state index contributed by atoms with van der Waals surface area (Å²) in [6.07, 6.45) is 0. The van der Waals surface area contributed by atoms with Gasteiger partial charge in [-0.3, -0.25) is 4.79 Å². The van der Waals surface area contributed by atoms with E-state index in [-0.39, 0.29) is 11.9 Å². The highest BCUT2D eigenvalue weighted by Crippen LogP contribution is 2.28. The first-order valence-electron chi connectivity index (χ1n) is 4.85. The second-order valence-electron chi connectivity index (χ2n) is 3.50. The average Bonchev–Trinajstić information content (AvgIpc) is 2.16. The van der Waals surface area contributed by atoms with Gasteiger partial charge in [-0.2, -0.15) is 8.78 Å². The lowest BCUT2D eigenvalue weighted by atomic mass is 10.2. The standard InChI is InChI=1S/C11H13F2NOS/c1-7(2)14-10(15)8-5-3-4-6-9(8)16-11(12)13/h3-7,11H,1-2H3,(H,14,15). The number of thioether (sulfide) groups is 1. The normalized spacial score (nSPS) is 10.9. The maximum atomic E-state index is 12.3. The molecule has 0 atom stereocenters. The van der Waals surface area contributed by atoms with Crippen molar-refractivity contribution in [2.24, 2.45) is 0 Å². The molecule has 0 bridgehead atoms. The molecule has 0 saturated carbocycles. The zero-order chi connectivity index (χ0) is 12.1. The third-order valence-electron chi connectivity index (χ3n) is 1.77. The summed E-state index contributed by atoms with van der Waals surface area (Å²) in [7, 11) is 0. The molecule has 88 valence electrons. The number of alkyl halides is 2. The summed E-state index contributed by atoms with van der Waals surface area (Å²) >= 11 is 0.386. The van der Waals surface area contributed by atoms with Crippen LogP contribution in [0, 0.1) is 0 Å². The fourth-order valence-electron chi connectivity index (χ4n) is 1.19. The first-order valence-corrected chi connectivity index (χ1v) is 5.73. The topological polar surface area (TPSA) is 29.1 Å². The predicted molar refractivity (Wildman–Crippen MR) is 60.9 cm³/mol. The van der Waals surface area contributed by atoms with Crippen LogP contribution >= 0.6 is 11.8 Å². The average molecular weight is 245 g/mol. The monoisotopic (exact) mass is 245 g/mol. The van der Waals surface area contributed by atoms with Crippen LogP contribution in [0.5, 0.6) is 0 Å². The van der Waals surface area contributed by atoms with E-state index < -0.39 is 5.76 Å². The molecule has 0 aliphatic carbocycles. The molecule has 0 aromatic heterocycles. The number of amides is 1. The summed E-state index contributed by atoms with van der Waals surface area (Å²) < 4.78 is 24.5. The van der Waals surface area contributed by atoms with Gasteiger partial charge < -0.3 is 5.32 Å². The highest BCUT2D eigenvalue weighted by Gasteiger charge is 2.15. The number of carbonyl (C=O) groups excluding carboxylic acids is 1. The van der Waals surface area contributed by atoms with Crippen LogP contribution in [0.1, 0.15) is 24.2 Å². The Bertz CT molecular complexity index is 369. The van der Waals surface area contributed by atoms with Crippen molar-refractivity contribution < 1.29 is 13.6 Å². The van der Waals surface area contributed by atoms with Crippen LogP contribution in [0.25, 0.3) is 0 Å². The molecule has 0 aliphatic rings. The molecule has 1 rings (SSSR count). The predicted octanol–water partition coefficient (Wildman–Crippen LogP) is 3.14. The molecular weight excluding hydrogens is 232 g/mol. The Balaban J connectivity index is 2.89. The van der Waals surface area contributed by atoms with Gasteiger partial charge in [0.25, 0.3) is 11.7 Å². The number of hydrogen-bond acceptors (Lipinski definition) is 2. The summed E-state index contributed by atoms with van der Waals surface area (Å²) in [5.41, 5.74) is 0.293. The van der Waals surface area contributed by atoms with Gasteiger partial charge in [-0.15, -0.1) is 0 Å². The quantitative estimate of drug-likeness (QED) is 0.826. The molecule has 5 heteroatoms. The van der Waals surface area contributed by atoms with Crippen LogP contribution < -0.4 is 5.32 Å². The van der Waals surface area contributed by atoms with Gasteiger partial charge in [0, 0.05) is 10.9 Å². The summed E-state index contributed by atoms with van der Waals surface area (Å²) in [6, 6.07) is 6.34. The minimum absolute atomic E-state index is 0.0166. The van der Waals surface area contributed by atoms with Gasteiger partial charge in [0.15, 0.2) is 0 Å². The third kappa shape index (κ3) is 3.81. The van der Waals surface area contributed by atoms with E-state index >= 15 is 0 Å². The van der Waals surface area contributed by atoms with Crippen molar-refractivity contribution >= 4 is 17.7 Å². The third-order valence-corrected chi connectivity index (χ3v) is 2.56. The lowest BCUT2D eigenvalue weighted by Gasteiger charge is -2.11. The molecule has 0 aliphatic heterocycles. The Morgan fingerprint density at radius 1 is 1.31 bits per heavy atom. The van der Waals surface area contributed by atoms with Crippen molar-refractivity contribution in [1.29, 1.82) is 0 Å². The first kappa shape index (κ1) is 13.0. The summed E-state index contributed by atoms with van der Waals surface area (Å²) in [5.74, 6) is -2.84. The number of carbonyl (C=O) groups is 1. The fourth-order valence-corrected chi connectivity index (χ4v) is 1.83. The molecule has 0 heterocycles. The minimum atomic E-state index is -2.52. The molecule has 1 aromatic rings. The Labute approximate surface area is 97.4 Å². The van der Waals surface area contributed by atoms with Crippen LogP contribution in [0.2, 0.25) is 0 Å². The van der Waals surface area contributed by atoms with Gasteiger partial charge in [-0.1, -0.05) is 23.9 Å². The van der Waals surface area contributed by atoms with E-state index in [9.17, 15) is 13.6 Å². The van der Waals surface area contributed by atoms with Crippen LogP contribution in [-0.4, -0.2) is 17.7 Å². The van der Waals surface area contributed by atoms with E-state index in [1.54, 1.807) is 18.2 Å². The maximum absolute atomic E-state index is 12.3. The number of hydrogen-bond donors (Lipinski definition) is 1. The van der Waals surface area contributed by atoms with Gasteiger partial charge >= 0.3 is 0 Å². The Hall–Kier alpha value is -1.10. The van der Waals surface area contributed by atoms with Gasteiger partial charge in [0.2, 0.25) is 0 Å². The highest BCUT2D eigenvalue weighted by molar-refractivity contribution is 7.99. The number of benzene rings is 1. The van der Waals surface area contributed by atoms with Crippen molar-refractivity contribution in [3.63, 3.8) is 0 Å². The molecule has 0 radical (unpaired) electrons. The van der Waals surface area contributed by atoms with E-state index in [2.05, 4.69) is 5.32 Å². The van der Waals surface area contributed by atoms with Crippen LogP contribution in [0.3, 0.4) is 0 Å². The largest absolute Gasteiger partial charge is 0.350 e. The van der Waals surface area contributed by atoms with Gasteiger partial charge in [-0.05, 0) is 26.0 Å². The molecule has 16 heavy (non-hydrogen) atoms. The van der Waals surface area contributed by atoms with Crippen molar-refractivity contribution in [3.8, 4) is 0 Å². The van der Waals surface area contributed by atoms with E-state index in [1.807, 2.05) is 13.8 Å². The lowest BCUT2D eigenvalue weighted by molar-refractivity contribution is 0.0940. The van der Waals surface area contributed by atoms with E-state index in [0.717, 1.165) is 0 Å². The summed E-state index contributed by atoms with van der Waals surface area (Å²) in [4.78, 5) is 12.0. The van der Waals surface area contributed by atoms with Crippen molar-refractivity contribution in [2.45, 2.75) is 30.5 Å². The van der Waals surface area contributed by atoms with Gasteiger partial charge in [0.1, 0.15) is 0 Å². The number of halogens is 2. The molecule has 0 spiro atoms. The Morgan fingerprint density at radius 3 is 2.50 bits per heavy atom. The van der Waals surface area contributed by atoms with Gasteiger partial charge in [0.05, 0.1) is 5.56 Å². The van der Waals surface area contributed by atoms with Gasteiger partial charge in [-0.25, -0.2) is 0 Å². The second-order valence-corrected chi connectivity index (χ2v) is 4.53. The molecule has 1 aromatic carbocycles. The number of nitrogens with one attached hydrogen (secondary N) is 1. The smallest absolute Gasteiger partial charge is 0.288 e. The van der Waals surface area contributed by atoms with E-state index in [1.165, 1.54) is 6.07 Å². The molecule has 0 fully saturated rings. The van der Waals surface area contributed by atoms with Crippen LogP contribution in [-0.2, 0) is 0 Å². The molecule has 0 saturated heterocycles. The Morgan fingerprint density at radius 2 is 1.94 bits per heavy atom. The molecule has 1 amide bonds. The van der Waals surface area contributed by atoms with Crippen molar-refractivity contribution in [1.82, 2.24) is 5.32 Å². The van der Waals surface area contributed by atoms with Crippen LogP contribution in [0.4, 0.5) is 8.78 Å². The molecule has 0 unspecified atom stereocenters. The van der Waals surface area contributed by atoms with E-state index in [0.29, 0.717) is 22.2 Å². The fraction of sp³-hybridized carbons (Fsp3) is 0.364. The molecule has 1 N–H and O–H groups in total. The van der Waals surface area contributed by atoms with Crippen LogP contribution in [0.15, 0.2) is 29.2 Å². The zero-order valence-electron chi connectivity index (χ0n) is 9.04. The number of rotatable bonds is 4. The lowest BCUT2D eigenvalue weighted by Crippen LogP contribution is -2.30. The highest BCUT2D eigenvalue weighted by atomic mass is 32.2. The zero-order valence-corrected chi connectivity index (χ0v) is 9.85. The summed E-state index contributed by atoms with van der Waals surface area (Å²) in [6.45, 7) is 3.64. The maximum Gasteiger partial charge on any atom is 0.288 e. The van der Waals surface area contributed by atoms with E-state index in [4.69, 9.17) is 0 Å². The minimum Gasteiger partial charge on any atom is -0.350 e. The molecule has 2 nitrogen and oxygen atoms in total. The van der Waals surface area contributed by atoms with Crippen molar-refractivity contribution in [3.05, 3.63) is 29.8 Å². The second kappa shape index (κ2) is 5.84. The molecular formula is C11H13F2NOS. The first-order chi connectivity index (χ1) is 7.50. The summed E-state index contributed by atoms with van der Waals surface area (Å²) in [5, 5.41) is 2.68. The SMILES string of the molecule is CC(C)NC(=O)c1ccccc1SC(F)F. The Kier molecular flexibility index (Phi) is 4.73. The van der Waals surface area contributed by atoms with Crippen molar-refractivity contribution in [2.75, 3.05) is 0 Å².